The molecule has 0 radical (unpaired) electrons. The Hall–Kier alpha value is -2.39. The number of hydrogen-bond donors (Lipinski definition) is 0. The highest BCUT2D eigenvalue weighted by molar-refractivity contribution is 7.99. The third kappa shape index (κ3) is 2.67. The Morgan fingerprint density at radius 1 is 0.885 bits per heavy atom. The molecule has 0 bridgehead atoms. The SMILES string of the molecule is Fc1ccc([C@H]2Sc3ccccc3N=C3c4ccccc4CC[C@H]32)cc1. The minimum atomic E-state index is -0.185. The average Bonchev–Trinajstić information content (AvgIpc) is 2.85. The van der Waals surface area contributed by atoms with Crippen LogP contribution in [0.3, 0.4) is 0 Å². The first-order valence-corrected chi connectivity index (χ1v) is 9.85. The molecule has 128 valence electrons. The summed E-state index contributed by atoms with van der Waals surface area (Å²) in [5.41, 5.74) is 6.04. The van der Waals surface area contributed by atoms with Crippen molar-refractivity contribution >= 4 is 23.2 Å². The smallest absolute Gasteiger partial charge is 0.123 e. The second-order valence-corrected chi connectivity index (χ2v) is 8.04. The summed E-state index contributed by atoms with van der Waals surface area (Å²) in [5.74, 6) is 0.142. The normalized spacial score (nSPS) is 21.0. The molecule has 3 aromatic carbocycles. The molecular weight excluding hydrogens is 341 g/mol. The Balaban J connectivity index is 1.70. The Labute approximate surface area is 157 Å². The van der Waals surface area contributed by atoms with Crippen LogP contribution in [0, 0.1) is 11.7 Å². The first-order chi connectivity index (χ1) is 12.8. The van der Waals surface area contributed by atoms with Crippen molar-refractivity contribution in [1.82, 2.24) is 0 Å². The van der Waals surface area contributed by atoms with Crippen LogP contribution >= 0.6 is 11.8 Å². The molecule has 0 fully saturated rings. The maximum Gasteiger partial charge on any atom is 0.123 e. The number of benzene rings is 3. The van der Waals surface area contributed by atoms with E-state index in [2.05, 4.69) is 42.5 Å². The molecule has 26 heavy (non-hydrogen) atoms. The fraction of sp³-hybridized carbons (Fsp3) is 0.174. The second kappa shape index (κ2) is 6.40. The number of para-hydroxylation sites is 1. The van der Waals surface area contributed by atoms with Gasteiger partial charge in [0, 0.05) is 16.1 Å². The van der Waals surface area contributed by atoms with E-state index in [4.69, 9.17) is 4.99 Å². The van der Waals surface area contributed by atoms with Crippen molar-refractivity contribution in [3.05, 3.63) is 95.3 Å². The second-order valence-electron chi connectivity index (χ2n) is 6.86. The highest BCUT2D eigenvalue weighted by Gasteiger charge is 2.35. The van der Waals surface area contributed by atoms with E-state index < -0.39 is 0 Å². The molecule has 2 aliphatic rings. The Bertz CT molecular complexity index is 993. The summed E-state index contributed by atoms with van der Waals surface area (Å²) < 4.78 is 13.5. The van der Waals surface area contributed by atoms with Crippen molar-refractivity contribution < 1.29 is 4.39 Å². The fourth-order valence-corrected chi connectivity index (χ4v) is 5.41. The number of hydrogen-bond acceptors (Lipinski definition) is 2. The van der Waals surface area contributed by atoms with Gasteiger partial charge in [0.15, 0.2) is 0 Å². The van der Waals surface area contributed by atoms with E-state index in [-0.39, 0.29) is 11.1 Å². The van der Waals surface area contributed by atoms with E-state index in [1.165, 1.54) is 27.3 Å². The van der Waals surface area contributed by atoms with Gasteiger partial charge >= 0.3 is 0 Å². The van der Waals surface area contributed by atoms with Crippen LogP contribution in [0.15, 0.2) is 82.7 Å². The number of fused-ring (bicyclic) bond motifs is 4. The minimum absolute atomic E-state index is 0.185. The lowest BCUT2D eigenvalue weighted by atomic mass is 9.78. The van der Waals surface area contributed by atoms with E-state index in [9.17, 15) is 4.39 Å². The summed E-state index contributed by atoms with van der Waals surface area (Å²) in [6.07, 6.45) is 2.13. The molecule has 1 aliphatic heterocycles. The minimum Gasteiger partial charge on any atom is -0.251 e. The Morgan fingerprint density at radius 3 is 2.54 bits per heavy atom. The van der Waals surface area contributed by atoms with Crippen molar-refractivity contribution in [2.45, 2.75) is 23.0 Å². The standard InChI is InChI=1S/C23H18FNS/c24-17-12-9-16(10-13-17)23-19-14-11-15-5-1-2-6-18(15)22(19)25-20-7-3-4-8-21(20)26-23/h1-10,12-13,19,23H,11,14H2/t19-,23-/m1/s1. The zero-order chi connectivity index (χ0) is 17.5. The van der Waals surface area contributed by atoms with E-state index in [0.29, 0.717) is 5.92 Å². The van der Waals surface area contributed by atoms with E-state index >= 15 is 0 Å². The lowest BCUT2D eigenvalue weighted by Crippen LogP contribution is -2.27. The zero-order valence-corrected chi connectivity index (χ0v) is 15.0. The molecule has 0 spiro atoms. The highest BCUT2D eigenvalue weighted by Crippen LogP contribution is 2.50. The summed E-state index contributed by atoms with van der Waals surface area (Å²) in [5, 5.41) is 0.242. The molecule has 0 saturated carbocycles. The molecular formula is C23H18FNS. The molecule has 0 unspecified atom stereocenters. The molecule has 1 nitrogen and oxygen atoms in total. The molecule has 0 amide bonds. The fourth-order valence-electron chi connectivity index (χ4n) is 4.02. The van der Waals surface area contributed by atoms with Crippen molar-refractivity contribution in [3.8, 4) is 0 Å². The number of halogens is 1. The van der Waals surface area contributed by atoms with Gasteiger partial charge in [0.25, 0.3) is 0 Å². The molecule has 0 saturated heterocycles. The van der Waals surface area contributed by atoms with Crippen LogP contribution < -0.4 is 0 Å². The van der Waals surface area contributed by atoms with Crippen molar-refractivity contribution in [2.24, 2.45) is 10.9 Å². The summed E-state index contributed by atoms with van der Waals surface area (Å²) in [4.78, 5) is 6.31. The monoisotopic (exact) mass is 359 g/mol. The maximum atomic E-state index is 13.5. The van der Waals surface area contributed by atoms with Gasteiger partial charge < -0.3 is 0 Å². The van der Waals surface area contributed by atoms with Crippen LogP contribution in [0.4, 0.5) is 10.1 Å². The highest BCUT2D eigenvalue weighted by atomic mass is 32.2. The largest absolute Gasteiger partial charge is 0.251 e. The lowest BCUT2D eigenvalue weighted by molar-refractivity contribution is 0.594. The topological polar surface area (TPSA) is 12.4 Å². The first kappa shape index (κ1) is 15.8. The van der Waals surface area contributed by atoms with Crippen LogP contribution in [0.2, 0.25) is 0 Å². The van der Waals surface area contributed by atoms with Crippen LogP contribution in [0.5, 0.6) is 0 Å². The van der Waals surface area contributed by atoms with E-state index in [1.54, 1.807) is 12.1 Å². The molecule has 3 heteroatoms. The summed E-state index contributed by atoms with van der Waals surface area (Å²) in [6.45, 7) is 0. The predicted molar refractivity (Wildman–Crippen MR) is 106 cm³/mol. The first-order valence-electron chi connectivity index (χ1n) is 8.97. The van der Waals surface area contributed by atoms with E-state index in [0.717, 1.165) is 18.5 Å². The molecule has 2 atom stereocenters. The van der Waals surface area contributed by atoms with Crippen LogP contribution in [-0.2, 0) is 6.42 Å². The van der Waals surface area contributed by atoms with Crippen molar-refractivity contribution in [2.75, 3.05) is 0 Å². The van der Waals surface area contributed by atoms with Gasteiger partial charge in [-0.2, -0.15) is 0 Å². The summed E-state index contributed by atoms with van der Waals surface area (Å²) >= 11 is 1.86. The molecule has 1 aliphatic carbocycles. The van der Waals surface area contributed by atoms with Gasteiger partial charge in [-0.25, -0.2) is 4.39 Å². The van der Waals surface area contributed by atoms with E-state index in [1.807, 2.05) is 30.0 Å². The van der Waals surface area contributed by atoms with Crippen LogP contribution in [0.1, 0.15) is 28.4 Å². The third-order valence-corrected chi connectivity index (χ3v) is 6.75. The molecule has 0 N–H and O–H groups in total. The van der Waals surface area contributed by atoms with Crippen LogP contribution in [0.25, 0.3) is 0 Å². The molecule has 1 heterocycles. The van der Waals surface area contributed by atoms with Gasteiger partial charge in [0.2, 0.25) is 0 Å². The quantitative estimate of drug-likeness (QED) is 0.493. The number of nitrogens with zero attached hydrogens (tertiary/aromatic N) is 1. The molecule has 3 aromatic rings. The lowest BCUT2D eigenvalue weighted by Gasteiger charge is -2.31. The van der Waals surface area contributed by atoms with Gasteiger partial charge in [-0.3, -0.25) is 4.99 Å². The Morgan fingerprint density at radius 2 is 1.65 bits per heavy atom. The maximum absolute atomic E-state index is 13.5. The molecule has 0 aromatic heterocycles. The van der Waals surface area contributed by atoms with Gasteiger partial charge in [-0.1, -0.05) is 48.5 Å². The van der Waals surface area contributed by atoms with Crippen molar-refractivity contribution in [3.63, 3.8) is 0 Å². The summed E-state index contributed by atoms with van der Waals surface area (Å²) in [6, 6.07) is 24.0. The third-order valence-electron chi connectivity index (χ3n) is 5.29. The van der Waals surface area contributed by atoms with Gasteiger partial charge in [0.1, 0.15) is 5.82 Å². The number of rotatable bonds is 1. The summed E-state index contributed by atoms with van der Waals surface area (Å²) in [7, 11) is 0. The van der Waals surface area contributed by atoms with Gasteiger partial charge in [0.05, 0.1) is 11.4 Å². The number of aliphatic imine (C=N–C) groups is 1. The number of thioether (sulfide) groups is 1. The Kier molecular flexibility index (Phi) is 3.90. The number of aryl methyl sites for hydroxylation is 1. The average molecular weight is 359 g/mol. The van der Waals surface area contributed by atoms with Gasteiger partial charge in [-0.05, 0) is 53.8 Å². The van der Waals surface area contributed by atoms with Crippen LogP contribution in [-0.4, -0.2) is 5.71 Å². The molecule has 5 rings (SSSR count). The van der Waals surface area contributed by atoms with Crippen molar-refractivity contribution in [1.29, 1.82) is 0 Å². The predicted octanol–water partition coefficient (Wildman–Crippen LogP) is 6.36. The zero-order valence-electron chi connectivity index (χ0n) is 14.2. The van der Waals surface area contributed by atoms with Gasteiger partial charge in [-0.15, -0.1) is 11.8 Å².